The first-order chi connectivity index (χ1) is 9.15. The SMILES string of the molecule is CN(Cc1ccccc1Br)CC1(CN)CCCOC1. The molecular formula is C15H23BrN2O. The molecule has 1 aromatic rings. The number of benzene rings is 1. The van der Waals surface area contributed by atoms with Crippen LogP contribution in [-0.4, -0.2) is 38.3 Å². The van der Waals surface area contributed by atoms with E-state index in [1.165, 1.54) is 16.5 Å². The van der Waals surface area contributed by atoms with Crippen LogP contribution in [0.15, 0.2) is 28.7 Å². The Morgan fingerprint density at radius 2 is 2.21 bits per heavy atom. The third kappa shape index (κ3) is 4.02. The van der Waals surface area contributed by atoms with Gasteiger partial charge in [0.25, 0.3) is 0 Å². The predicted octanol–water partition coefficient (Wildman–Crippen LogP) is 2.64. The highest BCUT2D eigenvalue weighted by Gasteiger charge is 2.32. The molecule has 1 fully saturated rings. The summed E-state index contributed by atoms with van der Waals surface area (Å²) in [4.78, 5) is 2.35. The Hall–Kier alpha value is -0.420. The van der Waals surface area contributed by atoms with E-state index in [0.29, 0.717) is 6.54 Å². The van der Waals surface area contributed by atoms with Crippen molar-refractivity contribution in [1.29, 1.82) is 0 Å². The molecule has 2 rings (SSSR count). The fourth-order valence-electron chi connectivity index (χ4n) is 2.81. The summed E-state index contributed by atoms with van der Waals surface area (Å²) < 4.78 is 6.81. The summed E-state index contributed by atoms with van der Waals surface area (Å²) in [7, 11) is 2.16. The normalized spacial score (nSPS) is 23.8. The average molecular weight is 327 g/mol. The van der Waals surface area contributed by atoms with Gasteiger partial charge in [0.05, 0.1) is 6.61 Å². The van der Waals surface area contributed by atoms with Crippen molar-refractivity contribution in [2.45, 2.75) is 19.4 Å². The van der Waals surface area contributed by atoms with Gasteiger partial charge in [0, 0.05) is 36.1 Å². The summed E-state index contributed by atoms with van der Waals surface area (Å²) in [6.07, 6.45) is 2.30. The number of rotatable bonds is 5. The molecule has 0 aliphatic carbocycles. The summed E-state index contributed by atoms with van der Waals surface area (Å²) in [6, 6.07) is 8.37. The zero-order valence-electron chi connectivity index (χ0n) is 11.6. The van der Waals surface area contributed by atoms with Gasteiger partial charge in [0.1, 0.15) is 0 Å². The van der Waals surface area contributed by atoms with E-state index in [-0.39, 0.29) is 5.41 Å². The molecule has 1 aliphatic heterocycles. The highest BCUT2D eigenvalue weighted by atomic mass is 79.9. The Kier molecular flexibility index (Phi) is 5.39. The van der Waals surface area contributed by atoms with Gasteiger partial charge in [-0.1, -0.05) is 34.1 Å². The van der Waals surface area contributed by atoms with Gasteiger partial charge in [0.2, 0.25) is 0 Å². The Labute approximate surface area is 124 Å². The molecule has 0 amide bonds. The summed E-state index contributed by atoms with van der Waals surface area (Å²) >= 11 is 3.60. The van der Waals surface area contributed by atoms with Gasteiger partial charge in [-0.2, -0.15) is 0 Å². The smallest absolute Gasteiger partial charge is 0.0546 e. The van der Waals surface area contributed by atoms with Gasteiger partial charge in [-0.05, 0) is 31.5 Å². The Bertz CT molecular complexity index is 405. The topological polar surface area (TPSA) is 38.5 Å². The van der Waals surface area contributed by atoms with Gasteiger partial charge in [0.15, 0.2) is 0 Å². The van der Waals surface area contributed by atoms with Gasteiger partial charge >= 0.3 is 0 Å². The molecule has 0 spiro atoms. The fourth-order valence-corrected chi connectivity index (χ4v) is 3.22. The highest BCUT2D eigenvalue weighted by molar-refractivity contribution is 9.10. The second-order valence-corrected chi connectivity index (χ2v) is 6.48. The number of nitrogens with zero attached hydrogens (tertiary/aromatic N) is 1. The van der Waals surface area contributed by atoms with E-state index in [9.17, 15) is 0 Å². The number of ether oxygens (including phenoxy) is 1. The first-order valence-electron chi connectivity index (χ1n) is 6.85. The molecule has 1 heterocycles. The minimum absolute atomic E-state index is 0.133. The van der Waals surface area contributed by atoms with Crippen LogP contribution >= 0.6 is 15.9 Å². The van der Waals surface area contributed by atoms with Crippen molar-refractivity contribution in [3.63, 3.8) is 0 Å². The van der Waals surface area contributed by atoms with Gasteiger partial charge in [-0.25, -0.2) is 0 Å². The summed E-state index contributed by atoms with van der Waals surface area (Å²) in [6.45, 7) is 4.31. The van der Waals surface area contributed by atoms with E-state index in [0.717, 1.165) is 32.7 Å². The van der Waals surface area contributed by atoms with Crippen molar-refractivity contribution in [3.05, 3.63) is 34.3 Å². The zero-order chi connectivity index (χ0) is 13.7. The first-order valence-corrected chi connectivity index (χ1v) is 7.64. The number of halogens is 1. The maximum absolute atomic E-state index is 5.99. The van der Waals surface area contributed by atoms with Crippen LogP contribution in [0.25, 0.3) is 0 Å². The molecule has 1 aromatic carbocycles. The summed E-state index contributed by atoms with van der Waals surface area (Å²) in [5.74, 6) is 0. The van der Waals surface area contributed by atoms with E-state index >= 15 is 0 Å². The molecule has 1 unspecified atom stereocenters. The van der Waals surface area contributed by atoms with Crippen LogP contribution in [0, 0.1) is 5.41 Å². The molecule has 0 radical (unpaired) electrons. The second kappa shape index (κ2) is 6.84. The van der Waals surface area contributed by atoms with Crippen LogP contribution in [0.4, 0.5) is 0 Å². The molecule has 0 bridgehead atoms. The molecule has 0 saturated carbocycles. The van der Waals surface area contributed by atoms with Gasteiger partial charge in [-0.15, -0.1) is 0 Å². The summed E-state index contributed by atoms with van der Waals surface area (Å²) in [5, 5.41) is 0. The molecule has 1 saturated heterocycles. The molecule has 1 aliphatic rings. The molecule has 106 valence electrons. The summed E-state index contributed by atoms with van der Waals surface area (Å²) in [5.41, 5.74) is 7.44. The monoisotopic (exact) mass is 326 g/mol. The highest BCUT2D eigenvalue weighted by Crippen LogP contribution is 2.29. The molecule has 3 nitrogen and oxygen atoms in total. The van der Waals surface area contributed by atoms with Gasteiger partial charge in [-0.3, -0.25) is 0 Å². The van der Waals surface area contributed by atoms with Crippen molar-refractivity contribution >= 4 is 15.9 Å². The van der Waals surface area contributed by atoms with E-state index in [1.54, 1.807) is 0 Å². The van der Waals surface area contributed by atoms with Crippen molar-refractivity contribution in [3.8, 4) is 0 Å². The quantitative estimate of drug-likeness (QED) is 0.904. The minimum atomic E-state index is 0.133. The fraction of sp³-hybridized carbons (Fsp3) is 0.600. The number of hydrogen-bond donors (Lipinski definition) is 1. The third-order valence-electron chi connectivity index (χ3n) is 3.84. The van der Waals surface area contributed by atoms with Crippen molar-refractivity contribution in [2.24, 2.45) is 11.1 Å². The van der Waals surface area contributed by atoms with Gasteiger partial charge < -0.3 is 15.4 Å². The van der Waals surface area contributed by atoms with E-state index in [2.05, 4.69) is 46.1 Å². The lowest BCUT2D eigenvalue weighted by Crippen LogP contribution is -2.46. The molecule has 1 atom stereocenters. The number of hydrogen-bond acceptors (Lipinski definition) is 3. The lowest BCUT2D eigenvalue weighted by atomic mass is 9.82. The molecule has 19 heavy (non-hydrogen) atoms. The van der Waals surface area contributed by atoms with Crippen molar-refractivity contribution in [1.82, 2.24) is 4.90 Å². The van der Waals surface area contributed by atoms with Crippen molar-refractivity contribution in [2.75, 3.05) is 33.4 Å². The predicted molar refractivity (Wildman–Crippen MR) is 82.0 cm³/mol. The van der Waals surface area contributed by atoms with Crippen LogP contribution in [0.1, 0.15) is 18.4 Å². The third-order valence-corrected chi connectivity index (χ3v) is 4.61. The lowest BCUT2D eigenvalue weighted by Gasteiger charge is -2.39. The van der Waals surface area contributed by atoms with Crippen LogP contribution in [0.5, 0.6) is 0 Å². The maximum atomic E-state index is 5.99. The molecule has 2 N–H and O–H groups in total. The largest absolute Gasteiger partial charge is 0.381 e. The van der Waals surface area contributed by atoms with E-state index < -0.39 is 0 Å². The van der Waals surface area contributed by atoms with Crippen LogP contribution in [-0.2, 0) is 11.3 Å². The van der Waals surface area contributed by atoms with Crippen LogP contribution < -0.4 is 5.73 Å². The zero-order valence-corrected chi connectivity index (χ0v) is 13.2. The number of nitrogens with two attached hydrogens (primary N) is 1. The molecule has 4 heteroatoms. The van der Waals surface area contributed by atoms with Crippen LogP contribution in [0.3, 0.4) is 0 Å². The Morgan fingerprint density at radius 3 is 2.84 bits per heavy atom. The minimum Gasteiger partial charge on any atom is -0.381 e. The Balaban J connectivity index is 1.96. The van der Waals surface area contributed by atoms with Crippen molar-refractivity contribution < 1.29 is 4.74 Å². The average Bonchev–Trinajstić information content (AvgIpc) is 2.42. The Morgan fingerprint density at radius 1 is 1.42 bits per heavy atom. The molecular weight excluding hydrogens is 304 g/mol. The standard InChI is InChI=1S/C15H23BrN2O/c1-18(9-13-5-2-3-6-14(13)16)11-15(10-17)7-4-8-19-12-15/h2-3,5-6H,4,7-12,17H2,1H3. The first kappa shape index (κ1) is 15.0. The maximum Gasteiger partial charge on any atom is 0.0546 e. The van der Waals surface area contributed by atoms with Crippen LogP contribution in [0.2, 0.25) is 0 Å². The van der Waals surface area contributed by atoms with E-state index in [4.69, 9.17) is 10.5 Å². The second-order valence-electron chi connectivity index (χ2n) is 5.62. The lowest BCUT2D eigenvalue weighted by molar-refractivity contribution is -0.0193. The molecule has 0 aromatic heterocycles. The van der Waals surface area contributed by atoms with E-state index in [1.807, 2.05) is 6.07 Å².